The Bertz CT molecular complexity index is 465. The number of carbonyl (C=O) groups is 2. The molecule has 0 saturated heterocycles. The first-order valence-corrected chi connectivity index (χ1v) is 4.79. The summed E-state index contributed by atoms with van der Waals surface area (Å²) < 4.78 is 23.6. The van der Waals surface area contributed by atoms with Crippen molar-refractivity contribution in [2.24, 2.45) is 0 Å². The molecule has 0 bridgehead atoms. The van der Waals surface area contributed by atoms with E-state index in [1.807, 2.05) is 5.32 Å². The van der Waals surface area contributed by atoms with Crippen LogP contribution in [0.15, 0.2) is 18.2 Å². The van der Waals surface area contributed by atoms with Gasteiger partial charge in [0.05, 0.1) is 17.8 Å². The normalized spacial score (nSPS) is 10.2. The molecular weight excluding hydrogens is 250 g/mol. The number of benzene rings is 1. The summed E-state index contributed by atoms with van der Waals surface area (Å²) in [5.74, 6) is -1.71. The number of anilines is 1. The summed E-state index contributed by atoms with van der Waals surface area (Å²) in [6, 6.07) is 2.32. The van der Waals surface area contributed by atoms with Gasteiger partial charge in [-0.2, -0.15) is 0 Å². The Morgan fingerprint density at radius 1 is 1.33 bits per heavy atom. The monoisotopic (exact) mass is 260 g/mol. The highest BCUT2D eigenvalue weighted by atomic mass is 19.3. The average molecular weight is 260 g/mol. The number of rotatable bonds is 4. The van der Waals surface area contributed by atoms with E-state index in [-0.39, 0.29) is 11.3 Å². The molecule has 8 heteroatoms. The lowest BCUT2D eigenvalue weighted by atomic mass is 10.2. The van der Waals surface area contributed by atoms with E-state index in [4.69, 9.17) is 5.11 Å². The molecule has 0 aliphatic rings. The van der Waals surface area contributed by atoms with E-state index >= 15 is 0 Å². The first kappa shape index (κ1) is 13.7. The third-order valence-electron chi connectivity index (χ3n) is 1.91. The lowest BCUT2D eigenvalue weighted by Gasteiger charge is -2.09. The summed E-state index contributed by atoms with van der Waals surface area (Å²) in [5.41, 5.74) is -0.238. The predicted molar refractivity (Wildman–Crippen MR) is 58.1 cm³/mol. The van der Waals surface area contributed by atoms with Gasteiger partial charge in [-0.1, -0.05) is 0 Å². The molecule has 0 heterocycles. The highest BCUT2D eigenvalue weighted by Crippen LogP contribution is 2.24. The molecule has 1 aromatic carbocycles. The lowest BCUT2D eigenvalue weighted by molar-refractivity contribution is 0.0696. The molecule has 2 amide bonds. The SMILES string of the molecule is O=C(NCC(F)F)Nc1ccc(C(=O)O)cc1O. The maximum Gasteiger partial charge on any atom is 0.335 e. The van der Waals surface area contributed by atoms with Gasteiger partial charge in [0.15, 0.2) is 0 Å². The molecule has 1 aromatic rings. The third-order valence-corrected chi connectivity index (χ3v) is 1.91. The van der Waals surface area contributed by atoms with Gasteiger partial charge in [-0.3, -0.25) is 0 Å². The maximum absolute atomic E-state index is 11.8. The van der Waals surface area contributed by atoms with Gasteiger partial charge in [0, 0.05) is 0 Å². The van der Waals surface area contributed by atoms with E-state index in [0.717, 1.165) is 18.2 Å². The zero-order chi connectivity index (χ0) is 13.7. The van der Waals surface area contributed by atoms with Crippen LogP contribution in [0.25, 0.3) is 0 Å². The number of carbonyl (C=O) groups excluding carboxylic acids is 1. The molecule has 0 saturated carbocycles. The number of alkyl halides is 2. The van der Waals surface area contributed by atoms with E-state index in [2.05, 4.69) is 5.32 Å². The van der Waals surface area contributed by atoms with Gasteiger partial charge in [-0.15, -0.1) is 0 Å². The van der Waals surface area contributed by atoms with Crippen molar-refractivity contribution in [1.29, 1.82) is 0 Å². The van der Waals surface area contributed by atoms with Gasteiger partial charge in [0.1, 0.15) is 5.75 Å². The van der Waals surface area contributed by atoms with Crippen LogP contribution in [0.5, 0.6) is 5.75 Å². The summed E-state index contributed by atoms with van der Waals surface area (Å²) >= 11 is 0. The molecule has 98 valence electrons. The number of urea groups is 1. The lowest BCUT2D eigenvalue weighted by Crippen LogP contribution is -2.32. The van der Waals surface area contributed by atoms with Gasteiger partial charge in [0.25, 0.3) is 6.43 Å². The van der Waals surface area contributed by atoms with Crippen molar-refractivity contribution in [3.8, 4) is 5.75 Å². The number of aromatic carboxylic acids is 1. The fourth-order valence-corrected chi connectivity index (χ4v) is 1.11. The van der Waals surface area contributed by atoms with Crippen LogP contribution in [-0.2, 0) is 0 Å². The largest absolute Gasteiger partial charge is 0.506 e. The summed E-state index contributed by atoms with van der Waals surface area (Å²) in [6.45, 7) is -0.820. The molecule has 0 aliphatic carbocycles. The van der Waals surface area contributed by atoms with Crippen LogP contribution in [0.1, 0.15) is 10.4 Å². The average Bonchev–Trinajstić information content (AvgIpc) is 2.29. The Labute approximate surface area is 100 Å². The summed E-state index contributed by atoms with van der Waals surface area (Å²) in [4.78, 5) is 21.7. The van der Waals surface area contributed by atoms with Crippen LogP contribution < -0.4 is 10.6 Å². The van der Waals surface area contributed by atoms with Crippen molar-refractivity contribution < 1.29 is 28.6 Å². The fraction of sp³-hybridized carbons (Fsp3) is 0.200. The van der Waals surface area contributed by atoms with E-state index in [0.29, 0.717) is 0 Å². The van der Waals surface area contributed by atoms with Crippen LogP contribution in [0.3, 0.4) is 0 Å². The minimum absolute atomic E-state index is 0.0771. The minimum atomic E-state index is -2.68. The van der Waals surface area contributed by atoms with Crippen molar-refractivity contribution in [2.45, 2.75) is 6.43 Å². The number of phenols is 1. The molecular formula is C10H10F2N2O4. The van der Waals surface area contributed by atoms with Crippen molar-refractivity contribution in [3.63, 3.8) is 0 Å². The highest BCUT2D eigenvalue weighted by molar-refractivity contribution is 5.93. The Morgan fingerprint density at radius 2 is 2.00 bits per heavy atom. The van der Waals surface area contributed by atoms with Crippen molar-refractivity contribution >= 4 is 17.7 Å². The summed E-state index contributed by atoms with van der Waals surface area (Å²) in [6.07, 6.45) is -2.68. The van der Waals surface area contributed by atoms with Gasteiger partial charge in [-0.25, -0.2) is 18.4 Å². The Hall–Kier alpha value is -2.38. The van der Waals surface area contributed by atoms with Gasteiger partial charge in [-0.05, 0) is 18.2 Å². The second-order valence-electron chi connectivity index (χ2n) is 3.26. The zero-order valence-corrected chi connectivity index (χ0v) is 8.98. The first-order valence-electron chi connectivity index (χ1n) is 4.79. The number of halogens is 2. The first-order chi connectivity index (χ1) is 8.40. The second kappa shape index (κ2) is 5.80. The van der Waals surface area contributed by atoms with E-state index in [1.165, 1.54) is 0 Å². The number of aromatic hydroxyl groups is 1. The molecule has 0 atom stereocenters. The molecule has 4 N–H and O–H groups in total. The molecule has 0 spiro atoms. The molecule has 0 radical (unpaired) electrons. The standard InChI is InChI=1S/C10H10F2N2O4/c11-8(12)4-13-10(18)14-6-2-1-5(9(16)17)3-7(6)15/h1-3,8,15H,4H2,(H,16,17)(H2,13,14,18). The van der Waals surface area contributed by atoms with Crippen LogP contribution in [0, 0.1) is 0 Å². The smallest absolute Gasteiger partial charge is 0.335 e. The molecule has 1 rings (SSSR count). The number of amides is 2. The van der Waals surface area contributed by atoms with Crippen LogP contribution in [0.2, 0.25) is 0 Å². The number of nitrogens with one attached hydrogen (secondary N) is 2. The van der Waals surface area contributed by atoms with Crippen LogP contribution in [-0.4, -0.2) is 35.2 Å². The predicted octanol–water partition coefficient (Wildman–Crippen LogP) is 1.48. The quantitative estimate of drug-likeness (QED) is 0.616. The van der Waals surface area contributed by atoms with E-state index in [9.17, 15) is 23.5 Å². The number of hydrogen-bond acceptors (Lipinski definition) is 3. The molecule has 0 fully saturated rings. The zero-order valence-electron chi connectivity index (χ0n) is 8.98. The number of phenolic OH excluding ortho intramolecular Hbond substituents is 1. The van der Waals surface area contributed by atoms with Gasteiger partial charge >= 0.3 is 12.0 Å². The summed E-state index contributed by atoms with van der Waals surface area (Å²) in [5, 5.41) is 22.0. The van der Waals surface area contributed by atoms with E-state index < -0.39 is 30.7 Å². The topological polar surface area (TPSA) is 98.7 Å². The molecule has 6 nitrogen and oxygen atoms in total. The number of carboxylic acid groups (broad SMARTS) is 1. The number of carboxylic acids is 1. The Balaban J connectivity index is 2.68. The minimum Gasteiger partial charge on any atom is -0.506 e. The van der Waals surface area contributed by atoms with Gasteiger partial charge < -0.3 is 20.8 Å². The third kappa shape index (κ3) is 3.89. The van der Waals surface area contributed by atoms with Crippen molar-refractivity contribution in [1.82, 2.24) is 5.32 Å². The molecule has 0 aromatic heterocycles. The van der Waals surface area contributed by atoms with Crippen molar-refractivity contribution in [2.75, 3.05) is 11.9 Å². The second-order valence-corrected chi connectivity index (χ2v) is 3.26. The Kier molecular flexibility index (Phi) is 4.41. The Morgan fingerprint density at radius 3 is 2.50 bits per heavy atom. The molecule has 0 unspecified atom stereocenters. The highest BCUT2D eigenvalue weighted by Gasteiger charge is 2.11. The summed E-state index contributed by atoms with van der Waals surface area (Å²) in [7, 11) is 0. The van der Waals surface area contributed by atoms with Gasteiger partial charge in [0.2, 0.25) is 0 Å². The number of hydrogen-bond donors (Lipinski definition) is 4. The molecule has 18 heavy (non-hydrogen) atoms. The van der Waals surface area contributed by atoms with Crippen molar-refractivity contribution in [3.05, 3.63) is 23.8 Å². The maximum atomic E-state index is 11.8. The fourth-order valence-electron chi connectivity index (χ4n) is 1.11. The molecule has 0 aliphatic heterocycles. The van der Waals surface area contributed by atoms with Crippen LogP contribution >= 0.6 is 0 Å². The van der Waals surface area contributed by atoms with E-state index in [1.54, 1.807) is 0 Å². The van der Waals surface area contributed by atoms with Crippen LogP contribution in [0.4, 0.5) is 19.3 Å².